The molecule has 6 nitrogen and oxygen atoms in total. The minimum Gasteiger partial charge on any atom is -0.492 e. The van der Waals surface area contributed by atoms with Crippen LogP contribution >= 0.6 is 0 Å². The number of ether oxygens (including phenoxy) is 1. The summed E-state index contributed by atoms with van der Waals surface area (Å²) < 4.78 is 54.9. The molecule has 0 heterocycles. The summed E-state index contributed by atoms with van der Waals surface area (Å²) in [5.74, 6) is -1.07. The van der Waals surface area contributed by atoms with Crippen molar-refractivity contribution in [2.45, 2.75) is 25.3 Å². The van der Waals surface area contributed by atoms with E-state index in [1.165, 1.54) is 12.3 Å². The van der Waals surface area contributed by atoms with Gasteiger partial charge in [-0.1, -0.05) is 12.1 Å². The van der Waals surface area contributed by atoms with Gasteiger partial charge in [0.25, 0.3) is 0 Å². The van der Waals surface area contributed by atoms with E-state index in [4.69, 9.17) is 4.74 Å². The molecule has 0 fully saturated rings. The standard InChI is InChI=1S/C20H25F2N3O3S/c1-4-23-20(24-9-10-28-16-6-7-17(21)18(22)12-16)25-13-15-5-8-19(14(2)11-15)29(3,26)27/h5-8,11-12H,4,9-10,13H2,1-3H3,(H2,23,24,25). The summed E-state index contributed by atoms with van der Waals surface area (Å²) in [5, 5.41) is 6.18. The van der Waals surface area contributed by atoms with E-state index in [2.05, 4.69) is 15.6 Å². The second-order valence-electron chi connectivity index (χ2n) is 6.42. The zero-order valence-electron chi connectivity index (χ0n) is 16.6. The second-order valence-corrected chi connectivity index (χ2v) is 8.40. The van der Waals surface area contributed by atoms with Crippen molar-refractivity contribution < 1.29 is 21.9 Å². The van der Waals surface area contributed by atoms with Crippen LogP contribution in [0, 0.1) is 18.6 Å². The maximum Gasteiger partial charge on any atom is 0.191 e. The van der Waals surface area contributed by atoms with Crippen LogP contribution in [-0.4, -0.2) is 40.3 Å². The van der Waals surface area contributed by atoms with E-state index in [0.717, 1.165) is 17.7 Å². The smallest absolute Gasteiger partial charge is 0.191 e. The SMILES string of the molecule is CCNC(=NCc1ccc(S(C)(=O)=O)c(C)c1)NCCOc1ccc(F)c(F)c1. The molecule has 158 valence electrons. The minimum atomic E-state index is -3.25. The number of guanidine groups is 1. The molecule has 0 aromatic heterocycles. The lowest BCUT2D eigenvalue weighted by molar-refractivity contribution is 0.318. The fourth-order valence-corrected chi connectivity index (χ4v) is 3.60. The van der Waals surface area contributed by atoms with Crippen molar-refractivity contribution in [1.82, 2.24) is 10.6 Å². The van der Waals surface area contributed by atoms with Crippen LogP contribution in [0.2, 0.25) is 0 Å². The molecule has 29 heavy (non-hydrogen) atoms. The van der Waals surface area contributed by atoms with Crippen LogP contribution in [0.1, 0.15) is 18.1 Å². The highest BCUT2D eigenvalue weighted by molar-refractivity contribution is 7.90. The van der Waals surface area contributed by atoms with Gasteiger partial charge in [-0.15, -0.1) is 0 Å². The number of nitrogens with one attached hydrogen (secondary N) is 2. The molecule has 0 spiro atoms. The van der Waals surface area contributed by atoms with Gasteiger partial charge in [-0.2, -0.15) is 0 Å². The topological polar surface area (TPSA) is 79.8 Å². The second kappa shape index (κ2) is 10.2. The van der Waals surface area contributed by atoms with Crippen LogP contribution in [-0.2, 0) is 16.4 Å². The van der Waals surface area contributed by atoms with Gasteiger partial charge in [-0.05, 0) is 43.2 Å². The van der Waals surface area contributed by atoms with Gasteiger partial charge in [0, 0.05) is 18.9 Å². The van der Waals surface area contributed by atoms with Crippen LogP contribution < -0.4 is 15.4 Å². The minimum absolute atomic E-state index is 0.234. The third-order valence-corrected chi connectivity index (χ3v) is 5.21. The van der Waals surface area contributed by atoms with E-state index >= 15 is 0 Å². The number of hydrogen-bond acceptors (Lipinski definition) is 4. The molecular weight excluding hydrogens is 400 g/mol. The fourth-order valence-electron chi connectivity index (χ4n) is 2.64. The highest BCUT2D eigenvalue weighted by atomic mass is 32.2. The predicted octanol–water partition coefficient (Wildman–Crippen LogP) is 2.81. The molecule has 0 amide bonds. The zero-order chi connectivity index (χ0) is 21.4. The first-order chi connectivity index (χ1) is 13.7. The van der Waals surface area contributed by atoms with Gasteiger partial charge in [0.1, 0.15) is 12.4 Å². The number of halogens is 2. The Morgan fingerprint density at radius 2 is 1.86 bits per heavy atom. The maximum absolute atomic E-state index is 13.2. The van der Waals surface area contributed by atoms with Crippen molar-refractivity contribution >= 4 is 15.8 Å². The molecule has 0 bridgehead atoms. The molecule has 2 aromatic rings. The van der Waals surface area contributed by atoms with Gasteiger partial charge in [0.15, 0.2) is 27.4 Å². The summed E-state index contributed by atoms with van der Waals surface area (Å²) in [6, 6.07) is 8.50. The number of aryl methyl sites for hydroxylation is 1. The van der Waals surface area contributed by atoms with Crippen LogP contribution in [0.4, 0.5) is 8.78 Å². The molecule has 9 heteroatoms. The van der Waals surface area contributed by atoms with Crippen molar-refractivity contribution in [1.29, 1.82) is 0 Å². The summed E-state index contributed by atoms with van der Waals surface area (Å²) >= 11 is 0. The van der Waals surface area contributed by atoms with Crippen LogP contribution in [0.15, 0.2) is 46.3 Å². The predicted molar refractivity (Wildman–Crippen MR) is 109 cm³/mol. The van der Waals surface area contributed by atoms with Crippen molar-refractivity contribution in [2.24, 2.45) is 4.99 Å². The fraction of sp³-hybridized carbons (Fsp3) is 0.350. The highest BCUT2D eigenvalue weighted by Gasteiger charge is 2.10. The molecule has 0 unspecified atom stereocenters. The Hall–Kier alpha value is -2.68. The number of hydrogen-bond donors (Lipinski definition) is 2. The normalized spacial score (nSPS) is 12.0. The molecule has 2 N–H and O–H groups in total. The Bertz CT molecular complexity index is 979. The average Bonchev–Trinajstić information content (AvgIpc) is 2.65. The lowest BCUT2D eigenvalue weighted by Crippen LogP contribution is -2.39. The zero-order valence-corrected chi connectivity index (χ0v) is 17.4. The van der Waals surface area contributed by atoms with Gasteiger partial charge in [-0.25, -0.2) is 22.2 Å². The molecule has 2 rings (SSSR count). The quantitative estimate of drug-likeness (QED) is 0.386. The van der Waals surface area contributed by atoms with Crippen molar-refractivity contribution in [3.63, 3.8) is 0 Å². The third kappa shape index (κ3) is 7.01. The van der Waals surface area contributed by atoms with Crippen molar-refractivity contribution in [3.8, 4) is 5.75 Å². The summed E-state index contributed by atoms with van der Waals surface area (Å²) in [5.41, 5.74) is 1.56. The Balaban J connectivity index is 1.92. The number of benzene rings is 2. The van der Waals surface area contributed by atoms with E-state index in [9.17, 15) is 17.2 Å². The third-order valence-electron chi connectivity index (χ3n) is 3.96. The Kier molecular flexibility index (Phi) is 7.95. The molecule has 0 saturated heterocycles. The largest absolute Gasteiger partial charge is 0.492 e. The molecule has 0 aliphatic rings. The molecular formula is C20H25F2N3O3S. The van der Waals surface area contributed by atoms with Gasteiger partial charge >= 0.3 is 0 Å². The highest BCUT2D eigenvalue weighted by Crippen LogP contribution is 2.17. The Morgan fingerprint density at radius 3 is 2.48 bits per heavy atom. The summed E-state index contributed by atoms with van der Waals surface area (Å²) in [6.07, 6.45) is 1.18. The monoisotopic (exact) mass is 425 g/mol. The molecule has 0 aliphatic heterocycles. The van der Waals surface area contributed by atoms with E-state index < -0.39 is 21.5 Å². The number of sulfone groups is 1. The summed E-state index contributed by atoms with van der Waals surface area (Å²) in [4.78, 5) is 4.78. The number of nitrogens with zero attached hydrogens (tertiary/aromatic N) is 1. The first kappa shape index (κ1) is 22.6. The molecule has 0 radical (unpaired) electrons. The van der Waals surface area contributed by atoms with E-state index in [0.29, 0.717) is 36.1 Å². The number of rotatable bonds is 8. The Morgan fingerprint density at radius 1 is 1.10 bits per heavy atom. The number of aliphatic imine (C=N–C) groups is 1. The van der Waals surface area contributed by atoms with Crippen LogP contribution in [0.5, 0.6) is 5.75 Å². The summed E-state index contributed by atoms with van der Waals surface area (Å²) in [7, 11) is -3.25. The lowest BCUT2D eigenvalue weighted by atomic mass is 10.1. The summed E-state index contributed by atoms with van der Waals surface area (Å²) in [6.45, 7) is 5.34. The van der Waals surface area contributed by atoms with Gasteiger partial charge in [0.2, 0.25) is 0 Å². The maximum atomic E-state index is 13.2. The molecule has 2 aromatic carbocycles. The average molecular weight is 426 g/mol. The first-order valence-corrected chi connectivity index (χ1v) is 11.0. The van der Waals surface area contributed by atoms with E-state index in [1.54, 1.807) is 25.1 Å². The van der Waals surface area contributed by atoms with Crippen molar-refractivity contribution in [2.75, 3.05) is 26.0 Å². The first-order valence-electron chi connectivity index (χ1n) is 9.10. The van der Waals surface area contributed by atoms with E-state index in [1.807, 2.05) is 6.92 Å². The molecule has 0 saturated carbocycles. The lowest BCUT2D eigenvalue weighted by Gasteiger charge is -2.12. The Labute approximate surface area is 169 Å². The molecule has 0 aliphatic carbocycles. The van der Waals surface area contributed by atoms with Gasteiger partial charge in [0.05, 0.1) is 18.0 Å². The van der Waals surface area contributed by atoms with Gasteiger partial charge < -0.3 is 15.4 Å². The van der Waals surface area contributed by atoms with Crippen molar-refractivity contribution in [3.05, 3.63) is 59.2 Å². The van der Waals surface area contributed by atoms with E-state index in [-0.39, 0.29) is 12.4 Å². The van der Waals surface area contributed by atoms with Crippen LogP contribution in [0.25, 0.3) is 0 Å². The molecule has 0 atom stereocenters. The van der Waals surface area contributed by atoms with Crippen LogP contribution in [0.3, 0.4) is 0 Å². The van der Waals surface area contributed by atoms with Gasteiger partial charge in [-0.3, -0.25) is 0 Å².